The number of hydrogen-bond donors (Lipinski definition) is 2. The number of fused-ring (bicyclic) bond motifs is 1. The van der Waals surface area contributed by atoms with Gasteiger partial charge in [-0.1, -0.05) is 23.9 Å². The van der Waals surface area contributed by atoms with Crippen LogP contribution in [0.5, 0.6) is 5.75 Å². The Morgan fingerprint density at radius 3 is 2.79 bits per heavy atom. The third-order valence-electron chi connectivity index (χ3n) is 4.19. The van der Waals surface area contributed by atoms with E-state index in [0.717, 1.165) is 16.8 Å². The first kappa shape index (κ1) is 20.3. The van der Waals surface area contributed by atoms with E-state index in [1.54, 1.807) is 30.8 Å². The molecule has 2 aliphatic rings. The molecule has 2 aromatic rings. The quantitative estimate of drug-likeness (QED) is 0.725. The van der Waals surface area contributed by atoms with E-state index in [9.17, 15) is 9.18 Å². The number of amidine groups is 1. The minimum atomic E-state index is -0.493. The van der Waals surface area contributed by atoms with Gasteiger partial charge in [-0.25, -0.2) is 4.39 Å². The van der Waals surface area contributed by atoms with Gasteiger partial charge in [-0.2, -0.15) is 5.10 Å². The van der Waals surface area contributed by atoms with E-state index in [1.807, 2.05) is 18.2 Å². The number of rotatable bonds is 3. The third kappa shape index (κ3) is 4.53. The molecule has 28 heavy (non-hydrogen) atoms. The first-order valence-electron chi connectivity index (χ1n) is 8.45. The molecule has 2 N–H and O–H groups in total. The summed E-state index contributed by atoms with van der Waals surface area (Å²) in [5, 5.41) is 7.95. The van der Waals surface area contributed by atoms with Gasteiger partial charge in [-0.15, -0.1) is 17.0 Å². The highest BCUT2D eigenvalue weighted by atomic mass is 79.9. The molecule has 0 aliphatic carbocycles. The van der Waals surface area contributed by atoms with E-state index in [4.69, 9.17) is 4.74 Å². The molecule has 0 spiro atoms. The maximum absolute atomic E-state index is 12.9. The molecule has 0 radical (unpaired) electrons. The number of aliphatic imine (C=N–C) groups is 1. The normalized spacial score (nSPS) is 19.5. The number of ether oxygens (including phenoxy) is 1. The van der Waals surface area contributed by atoms with Crippen LogP contribution in [-0.2, 0) is 11.3 Å². The standard InChI is InChI=1S/C19H17FN4O2S.BrH/c1-11-18(25)22-15-8-13(4-7-17(15)26-11)16-10-27-19(24-23-16)21-9-12-2-5-14(20)6-3-12;/h2-8,11H,9-10H2,1H3,(H,21,24)(H,22,25);1H. The maximum atomic E-state index is 12.9. The first-order valence-corrected chi connectivity index (χ1v) is 9.43. The molecule has 2 heterocycles. The Bertz CT molecular complexity index is 949. The van der Waals surface area contributed by atoms with Crippen LogP contribution in [-0.4, -0.2) is 28.6 Å². The summed E-state index contributed by atoms with van der Waals surface area (Å²) in [4.78, 5) is 16.2. The number of amides is 1. The third-order valence-corrected chi connectivity index (χ3v) is 5.11. The van der Waals surface area contributed by atoms with Gasteiger partial charge in [0.05, 0.1) is 17.9 Å². The zero-order chi connectivity index (χ0) is 18.8. The topological polar surface area (TPSA) is 75.1 Å². The van der Waals surface area contributed by atoms with Gasteiger partial charge in [0.25, 0.3) is 5.91 Å². The number of hydrogen-bond acceptors (Lipinski definition) is 5. The fourth-order valence-corrected chi connectivity index (χ4v) is 3.46. The lowest BCUT2D eigenvalue weighted by atomic mass is 10.1. The van der Waals surface area contributed by atoms with Gasteiger partial charge in [0.2, 0.25) is 0 Å². The van der Waals surface area contributed by atoms with Crippen molar-refractivity contribution in [3.05, 3.63) is 59.4 Å². The Morgan fingerprint density at radius 1 is 1.29 bits per heavy atom. The largest absolute Gasteiger partial charge is 0.479 e. The van der Waals surface area contributed by atoms with Crippen LogP contribution in [0.4, 0.5) is 10.1 Å². The number of nitrogens with one attached hydrogen (secondary N) is 2. The summed E-state index contributed by atoms with van der Waals surface area (Å²) < 4.78 is 18.5. The summed E-state index contributed by atoms with van der Waals surface area (Å²) in [6.07, 6.45) is -0.493. The van der Waals surface area contributed by atoms with Gasteiger partial charge in [-0.3, -0.25) is 15.2 Å². The van der Waals surface area contributed by atoms with Crippen LogP contribution in [0.15, 0.2) is 52.6 Å². The van der Waals surface area contributed by atoms with Crippen LogP contribution in [0.2, 0.25) is 0 Å². The summed E-state index contributed by atoms with van der Waals surface area (Å²) >= 11 is 1.54. The second-order valence-corrected chi connectivity index (χ2v) is 7.13. The second kappa shape index (κ2) is 8.74. The molecule has 6 nitrogen and oxygen atoms in total. The SMILES string of the molecule is Br.CC1Oc2ccc(C3=NNC(=NCc4ccc(F)cc4)SC3)cc2NC1=O. The summed E-state index contributed by atoms with van der Waals surface area (Å²) in [7, 11) is 0. The van der Waals surface area contributed by atoms with E-state index < -0.39 is 6.10 Å². The molecular formula is C19H18BrFN4O2S. The minimum Gasteiger partial charge on any atom is -0.479 e. The lowest BCUT2D eigenvalue weighted by molar-refractivity contribution is -0.122. The van der Waals surface area contributed by atoms with Crippen LogP contribution < -0.4 is 15.5 Å². The lowest BCUT2D eigenvalue weighted by Crippen LogP contribution is -2.34. The number of carbonyl (C=O) groups excluding carboxylic acids is 1. The predicted molar refractivity (Wildman–Crippen MR) is 115 cm³/mol. The maximum Gasteiger partial charge on any atom is 0.265 e. The number of anilines is 1. The zero-order valence-corrected chi connectivity index (χ0v) is 17.5. The van der Waals surface area contributed by atoms with Gasteiger partial charge < -0.3 is 10.1 Å². The van der Waals surface area contributed by atoms with Crippen LogP contribution >= 0.6 is 28.7 Å². The van der Waals surface area contributed by atoms with E-state index in [0.29, 0.717) is 28.9 Å². The smallest absolute Gasteiger partial charge is 0.265 e. The summed E-state index contributed by atoms with van der Waals surface area (Å²) in [6.45, 7) is 2.17. The first-order chi connectivity index (χ1) is 13.1. The molecule has 0 bridgehead atoms. The van der Waals surface area contributed by atoms with Crippen molar-refractivity contribution >= 4 is 51.2 Å². The Hall–Kier alpha value is -2.39. The average molecular weight is 465 g/mol. The highest BCUT2D eigenvalue weighted by Gasteiger charge is 2.24. The van der Waals surface area contributed by atoms with Crippen molar-refractivity contribution in [2.75, 3.05) is 11.1 Å². The predicted octanol–water partition coefficient (Wildman–Crippen LogP) is 3.72. The van der Waals surface area contributed by atoms with Crippen molar-refractivity contribution in [3.63, 3.8) is 0 Å². The Kier molecular flexibility index (Phi) is 6.35. The van der Waals surface area contributed by atoms with Crippen molar-refractivity contribution in [1.29, 1.82) is 0 Å². The van der Waals surface area contributed by atoms with E-state index in [1.165, 1.54) is 12.1 Å². The van der Waals surface area contributed by atoms with Crippen molar-refractivity contribution in [3.8, 4) is 5.75 Å². The van der Waals surface area contributed by atoms with Crippen LogP contribution in [0.1, 0.15) is 18.1 Å². The van der Waals surface area contributed by atoms with Crippen LogP contribution in [0, 0.1) is 5.82 Å². The molecule has 4 rings (SSSR count). The summed E-state index contributed by atoms with van der Waals surface area (Å²) in [6, 6.07) is 11.9. The van der Waals surface area contributed by atoms with Crippen molar-refractivity contribution in [2.24, 2.45) is 10.1 Å². The molecule has 0 saturated carbocycles. The summed E-state index contributed by atoms with van der Waals surface area (Å²) in [5.74, 6) is 0.892. The second-order valence-electron chi connectivity index (χ2n) is 6.17. The summed E-state index contributed by atoms with van der Waals surface area (Å²) in [5.41, 5.74) is 6.30. The molecule has 0 aromatic heterocycles. The average Bonchev–Trinajstić information content (AvgIpc) is 2.68. The molecule has 2 aromatic carbocycles. The van der Waals surface area contributed by atoms with E-state index in [-0.39, 0.29) is 28.7 Å². The zero-order valence-electron chi connectivity index (χ0n) is 14.9. The van der Waals surface area contributed by atoms with Gasteiger partial charge in [0, 0.05) is 11.3 Å². The molecule has 1 unspecified atom stereocenters. The van der Waals surface area contributed by atoms with Gasteiger partial charge in [0.1, 0.15) is 11.6 Å². The number of carbonyl (C=O) groups is 1. The van der Waals surface area contributed by atoms with E-state index in [2.05, 4.69) is 20.8 Å². The van der Waals surface area contributed by atoms with Gasteiger partial charge in [-0.05, 0) is 42.8 Å². The number of halogens is 2. The number of benzene rings is 2. The molecule has 1 atom stereocenters. The molecular weight excluding hydrogens is 447 g/mol. The Labute approximate surface area is 176 Å². The molecule has 1 amide bonds. The van der Waals surface area contributed by atoms with Gasteiger partial charge in [0.15, 0.2) is 11.3 Å². The molecule has 146 valence electrons. The van der Waals surface area contributed by atoms with Crippen molar-refractivity contribution in [1.82, 2.24) is 5.43 Å². The molecule has 2 aliphatic heterocycles. The lowest BCUT2D eigenvalue weighted by Gasteiger charge is -2.24. The highest BCUT2D eigenvalue weighted by molar-refractivity contribution is 8.93. The number of nitrogens with zero attached hydrogens (tertiary/aromatic N) is 2. The fourth-order valence-electron chi connectivity index (χ4n) is 2.69. The van der Waals surface area contributed by atoms with Crippen molar-refractivity contribution in [2.45, 2.75) is 19.6 Å². The molecule has 9 heteroatoms. The van der Waals surface area contributed by atoms with Crippen LogP contribution in [0.3, 0.4) is 0 Å². The molecule has 0 fully saturated rings. The highest BCUT2D eigenvalue weighted by Crippen LogP contribution is 2.31. The number of thioether (sulfide) groups is 1. The minimum absolute atomic E-state index is 0. The number of hydrazone groups is 1. The molecule has 0 saturated heterocycles. The van der Waals surface area contributed by atoms with Crippen molar-refractivity contribution < 1.29 is 13.9 Å². The monoisotopic (exact) mass is 464 g/mol. The van der Waals surface area contributed by atoms with Crippen LogP contribution in [0.25, 0.3) is 0 Å². The Morgan fingerprint density at radius 2 is 2.07 bits per heavy atom. The Balaban J connectivity index is 0.00000225. The van der Waals surface area contributed by atoms with E-state index >= 15 is 0 Å². The van der Waals surface area contributed by atoms with Gasteiger partial charge >= 0.3 is 0 Å². The fraction of sp³-hybridized carbons (Fsp3) is 0.211.